The minimum atomic E-state index is -1.14. The SMILES string of the molecule is CCCNC(=O)CCNC(=O)N1CCCC1(C)C(=O)O. The first-order valence-corrected chi connectivity index (χ1v) is 6.97. The Morgan fingerprint density at radius 3 is 2.55 bits per heavy atom. The molecule has 0 spiro atoms. The summed E-state index contributed by atoms with van der Waals surface area (Å²) in [7, 11) is 0. The molecule has 114 valence electrons. The predicted octanol–water partition coefficient (Wildman–Crippen LogP) is 0.551. The van der Waals surface area contributed by atoms with Gasteiger partial charge < -0.3 is 20.6 Å². The summed E-state index contributed by atoms with van der Waals surface area (Å²) in [6.07, 6.45) is 2.19. The van der Waals surface area contributed by atoms with E-state index in [1.54, 1.807) is 6.92 Å². The Bertz CT molecular complexity index is 386. The molecule has 1 saturated heterocycles. The lowest BCUT2D eigenvalue weighted by molar-refractivity contribution is -0.147. The van der Waals surface area contributed by atoms with Crippen LogP contribution in [0.2, 0.25) is 0 Å². The van der Waals surface area contributed by atoms with Crippen molar-refractivity contribution in [3.05, 3.63) is 0 Å². The number of aliphatic carboxylic acids is 1. The zero-order valence-electron chi connectivity index (χ0n) is 12.1. The Labute approximate surface area is 118 Å². The van der Waals surface area contributed by atoms with E-state index in [0.717, 1.165) is 6.42 Å². The number of urea groups is 1. The summed E-state index contributed by atoms with van der Waals surface area (Å²) in [6.45, 7) is 4.77. The number of nitrogens with one attached hydrogen (secondary N) is 2. The molecule has 3 N–H and O–H groups in total. The maximum absolute atomic E-state index is 12.0. The third-order valence-corrected chi connectivity index (χ3v) is 3.55. The smallest absolute Gasteiger partial charge is 0.329 e. The molecule has 0 radical (unpaired) electrons. The highest BCUT2D eigenvalue weighted by Crippen LogP contribution is 2.29. The van der Waals surface area contributed by atoms with E-state index in [4.69, 9.17) is 0 Å². The van der Waals surface area contributed by atoms with E-state index in [9.17, 15) is 19.5 Å². The highest BCUT2D eigenvalue weighted by molar-refractivity contribution is 5.87. The number of rotatable bonds is 6. The number of hydrogen-bond donors (Lipinski definition) is 3. The summed E-state index contributed by atoms with van der Waals surface area (Å²) >= 11 is 0. The van der Waals surface area contributed by atoms with E-state index in [-0.39, 0.29) is 18.9 Å². The lowest BCUT2D eigenvalue weighted by atomic mass is 10.00. The molecule has 1 heterocycles. The lowest BCUT2D eigenvalue weighted by Crippen LogP contribution is -2.54. The summed E-state index contributed by atoms with van der Waals surface area (Å²) in [5, 5.41) is 14.5. The van der Waals surface area contributed by atoms with Crippen molar-refractivity contribution in [2.75, 3.05) is 19.6 Å². The van der Waals surface area contributed by atoms with Crippen LogP contribution in [-0.4, -0.2) is 53.1 Å². The van der Waals surface area contributed by atoms with Gasteiger partial charge in [0, 0.05) is 26.1 Å². The van der Waals surface area contributed by atoms with Crippen LogP contribution in [0.4, 0.5) is 4.79 Å². The number of nitrogens with zero attached hydrogens (tertiary/aromatic N) is 1. The molecule has 1 aliphatic heterocycles. The number of carbonyl (C=O) groups is 3. The molecule has 7 nitrogen and oxygen atoms in total. The Morgan fingerprint density at radius 1 is 1.25 bits per heavy atom. The normalized spacial score (nSPS) is 21.6. The molecule has 1 unspecified atom stereocenters. The molecule has 0 aromatic carbocycles. The maximum Gasteiger partial charge on any atom is 0.329 e. The van der Waals surface area contributed by atoms with Gasteiger partial charge >= 0.3 is 12.0 Å². The third-order valence-electron chi connectivity index (χ3n) is 3.55. The molecule has 1 rings (SSSR count). The monoisotopic (exact) mass is 285 g/mol. The number of carboxylic acid groups (broad SMARTS) is 1. The molecule has 1 aliphatic rings. The first-order chi connectivity index (χ1) is 9.41. The zero-order chi connectivity index (χ0) is 15.2. The second kappa shape index (κ2) is 7.12. The van der Waals surface area contributed by atoms with Gasteiger partial charge in [-0.05, 0) is 26.2 Å². The summed E-state index contributed by atoms with van der Waals surface area (Å²) in [5.74, 6) is -1.11. The highest BCUT2D eigenvalue weighted by Gasteiger charge is 2.45. The van der Waals surface area contributed by atoms with Gasteiger partial charge in [-0.15, -0.1) is 0 Å². The summed E-state index contributed by atoms with van der Waals surface area (Å²) in [5.41, 5.74) is -1.14. The number of likely N-dealkylation sites (tertiary alicyclic amines) is 1. The average Bonchev–Trinajstić information content (AvgIpc) is 2.79. The molecular weight excluding hydrogens is 262 g/mol. The van der Waals surface area contributed by atoms with E-state index in [0.29, 0.717) is 25.9 Å². The maximum atomic E-state index is 12.0. The van der Waals surface area contributed by atoms with Crippen molar-refractivity contribution in [3.8, 4) is 0 Å². The van der Waals surface area contributed by atoms with Crippen molar-refractivity contribution >= 4 is 17.9 Å². The minimum absolute atomic E-state index is 0.116. The van der Waals surface area contributed by atoms with Crippen LogP contribution in [-0.2, 0) is 9.59 Å². The van der Waals surface area contributed by atoms with Crippen molar-refractivity contribution in [1.29, 1.82) is 0 Å². The number of carboxylic acids is 1. The van der Waals surface area contributed by atoms with E-state index in [1.807, 2.05) is 6.92 Å². The lowest BCUT2D eigenvalue weighted by Gasteiger charge is -2.31. The first kappa shape index (κ1) is 16.3. The number of amides is 3. The zero-order valence-corrected chi connectivity index (χ0v) is 12.1. The van der Waals surface area contributed by atoms with E-state index < -0.39 is 17.5 Å². The van der Waals surface area contributed by atoms with Crippen LogP contribution in [0.5, 0.6) is 0 Å². The third kappa shape index (κ3) is 3.85. The van der Waals surface area contributed by atoms with Gasteiger partial charge in [0.15, 0.2) is 0 Å². The second-order valence-corrected chi connectivity index (χ2v) is 5.17. The molecule has 0 aromatic rings. The fraction of sp³-hybridized carbons (Fsp3) is 0.769. The van der Waals surface area contributed by atoms with E-state index >= 15 is 0 Å². The van der Waals surface area contributed by atoms with Crippen molar-refractivity contribution in [3.63, 3.8) is 0 Å². The predicted molar refractivity (Wildman–Crippen MR) is 73.3 cm³/mol. The van der Waals surface area contributed by atoms with Crippen LogP contribution in [0.25, 0.3) is 0 Å². The largest absolute Gasteiger partial charge is 0.480 e. The van der Waals surface area contributed by atoms with Crippen LogP contribution in [0, 0.1) is 0 Å². The molecule has 0 aliphatic carbocycles. The van der Waals surface area contributed by atoms with Gasteiger partial charge in [0.05, 0.1) is 0 Å². The quantitative estimate of drug-likeness (QED) is 0.663. The highest BCUT2D eigenvalue weighted by atomic mass is 16.4. The van der Waals surface area contributed by atoms with Gasteiger partial charge in [-0.2, -0.15) is 0 Å². The van der Waals surface area contributed by atoms with Crippen LogP contribution in [0.1, 0.15) is 39.5 Å². The van der Waals surface area contributed by atoms with Crippen molar-refractivity contribution < 1.29 is 19.5 Å². The van der Waals surface area contributed by atoms with Gasteiger partial charge in [0.2, 0.25) is 5.91 Å². The first-order valence-electron chi connectivity index (χ1n) is 6.97. The standard InChI is InChI=1S/C13H23N3O4/c1-3-7-14-10(17)5-8-15-12(20)16-9-4-6-13(16,2)11(18)19/h3-9H2,1-2H3,(H,14,17)(H,15,20)(H,18,19). The molecule has 3 amide bonds. The van der Waals surface area contributed by atoms with E-state index in [1.165, 1.54) is 4.90 Å². The van der Waals surface area contributed by atoms with Gasteiger partial charge in [-0.3, -0.25) is 4.79 Å². The van der Waals surface area contributed by atoms with Crippen LogP contribution in [0.15, 0.2) is 0 Å². The van der Waals surface area contributed by atoms with Crippen LogP contribution in [0.3, 0.4) is 0 Å². The molecule has 0 aromatic heterocycles. The van der Waals surface area contributed by atoms with Gasteiger partial charge in [0.25, 0.3) is 0 Å². The second-order valence-electron chi connectivity index (χ2n) is 5.17. The summed E-state index contributed by atoms with van der Waals surface area (Å²) in [6, 6.07) is -0.421. The topological polar surface area (TPSA) is 98.7 Å². The molecule has 1 atom stereocenters. The summed E-state index contributed by atoms with van der Waals surface area (Å²) in [4.78, 5) is 35.9. The molecule has 0 bridgehead atoms. The Balaban J connectivity index is 2.39. The van der Waals surface area contributed by atoms with Crippen LogP contribution < -0.4 is 10.6 Å². The fourth-order valence-electron chi connectivity index (χ4n) is 2.24. The van der Waals surface area contributed by atoms with E-state index in [2.05, 4.69) is 10.6 Å². The number of carbonyl (C=O) groups excluding carboxylic acids is 2. The average molecular weight is 285 g/mol. The van der Waals surface area contributed by atoms with Crippen molar-refractivity contribution in [1.82, 2.24) is 15.5 Å². The molecule has 20 heavy (non-hydrogen) atoms. The van der Waals surface area contributed by atoms with Gasteiger partial charge in [0.1, 0.15) is 5.54 Å². The van der Waals surface area contributed by atoms with Crippen molar-refractivity contribution in [2.24, 2.45) is 0 Å². The van der Waals surface area contributed by atoms with Gasteiger partial charge in [-0.25, -0.2) is 9.59 Å². The number of hydrogen-bond acceptors (Lipinski definition) is 3. The molecule has 1 fully saturated rings. The van der Waals surface area contributed by atoms with Crippen LogP contribution >= 0.6 is 0 Å². The molecule has 0 saturated carbocycles. The Hall–Kier alpha value is -1.79. The fourth-order valence-corrected chi connectivity index (χ4v) is 2.24. The summed E-state index contributed by atoms with van der Waals surface area (Å²) < 4.78 is 0. The Morgan fingerprint density at radius 2 is 1.95 bits per heavy atom. The molecule has 7 heteroatoms. The van der Waals surface area contributed by atoms with Gasteiger partial charge in [-0.1, -0.05) is 6.92 Å². The molecular formula is C13H23N3O4. The van der Waals surface area contributed by atoms with Crippen molar-refractivity contribution in [2.45, 2.75) is 45.1 Å². The minimum Gasteiger partial charge on any atom is -0.480 e. The Kier molecular flexibility index (Phi) is 5.79.